The molecular formula is C25H21Cl2F3N6O2. The molecule has 1 N–H and O–H groups in total. The zero-order valence-electron chi connectivity index (χ0n) is 19.8. The van der Waals surface area contributed by atoms with Crippen molar-refractivity contribution < 1.29 is 18.0 Å². The molecule has 38 heavy (non-hydrogen) atoms. The molecule has 0 atom stereocenters. The number of nitrogens with zero attached hydrogens (tertiary/aromatic N) is 5. The lowest BCUT2D eigenvalue weighted by Gasteiger charge is -2.29. The van der Waals surface area contributed by atoms with Crippen LogP contribution in [0.5, 0.6) is 0 Å². The van der Waals surface area contributed by atoms with E-state index in [1.165, 1.54) is 45.8 Å². The maximum Gasteiger partial charge on any atom is 0.334 e. The van der Waals surface area contributed by atoms with Gasteiger partial charge in [-0.05, 0) is 55.9 Å². The summed E-state index contributed by atoms with van der Waals surface area (Å²) in [6, 6.07) is 5.05. The summed E-state index contributed by atoms with van der Waals surface area (Å²) in [6.45, 7) is 0.335. The summed E-state index contributed by atoms with van der Waals surface area (Å²) in [5.74, 6) is -0.794. The zero-order valence-corrected chi connectivity index (χ0v) is 21.3. The van der Waals surface area contributed by atoms with Crippen LogP contribution in [0.2, 0.25) is 10.2 Å². The first-order valence-electron chi connectivity index (χ1n) is 11.8. The van der Waals surface area contributed by atoms with Gasteiger partial charge in [0, 0.05) is 18.8 Å². The fourth-order valence-electron chi connectivity index (χ4n) is 4.86. The minimum absolute atomic E-state index is 0.0731. The third-order valence-corrected chi connectivity index (χ3v) is 7.09. The molecule has 1 aliphatic carbocycles. The molecule has 0 bridgehead atoms. The van der Waals surface area contributed by atoms with Crippen LogP contribution in [0.3, 0.4) is 0 Å². The van der Waals surface area contributed by atoms with Crippen molar-refractivity contribution >= 4 is 40.1 Å². The van der Waals surface area contributed by atoms with Gasteiger partial charge in [-0.2, -0.15) is 0 Å². The predicted molar refractivity (Wildman–Crippen MR) is 136 cm³/mol. The van der Waals surface area contributed by atoms with E-state index in [9.17, 15) is 22.8 Å². The molecule has 13 heteroatoms. The number of aromatic nitrogens is 5. The highest BCUT2D eigenvalue weighted by atomic mass is 35.5. The van der Waals surface area contributed by atoms with E-state index in [2.05, 4.69) is 20.3 Å². The molecular weight excluding hydrogens is 544 g/mol. The summed E-state index contributed by atoms with van der Waals surface area (Å²) in [7, 11) is 0. The number of rotatable bonds is 6. The predicted octanol–water partition coefficient (Wildman–Crippen LogP) is 5.35. The van der Waals surface area contributed by atoms with Gasteiger partial charge in [0.05, 0.1) is 34.0 Å². The monoisotopic (exact) mass is 564 g/mol. The Hall–Kier alpha value is -3.44. The van der Waals surface area contributed by atoms with Crippen molar-refractivity contribution in [2.75, 3.05) is 0 Å². The number of hydrogen-bond donors (Lipinski definition) is 1. The highest BCUT2D eigenvalue weighted by Crippen LogP contribution is 2.29. The number of carbonyl (C=O) groups excluding carboxylic acids is 1. The number of carbonyl (C=O) groups is 1. The van der Waals surface area contributed by atoms with Crippen LogP contribution in [0.25, 0.3) is 16.9 Å². The van der Waals surface area contributed by atoms with Gasteiger partial charge in [0.1, 0.15) is 16.7 Å². The summed E-state index contributed by atoms with van der Waals surface area (Å²) >= 11 is 11.7. The smallest absolute Gasteiger partial charge is 0.334 e. The lowest BCUT2D eigenvalue weighted by molar-refractivity contribution is 0.0904. The first kappa shape index (κ1) is 26.2. The van der Waals surface area contributed by atoms with E-state index in [1.807, 2.05) is 0 Å². The number of benzene rings is 1. The Bertz CT molecular complexity index is 1550. The average Bonchev–Trinajstić information content (AvgIpc) is 3.15. The van der Waals surface area contributed by atoms with Gasteiger partial charge in [-0.1, -0.05) is 23.2 Å². The molecule has 3 heterocycles. The number of nitrogens with one attached hydrogen (secondary N) is 1. The molecule has 1 fully saturated rings. The van der Waals surface area contributed by atoms with Gasteiger partial charge < -0.3 is 5.32 Å². The molecule has 198 valence electrons. The molecule has 0 spiro atoms. The van der Waals surface area contributed by atoms with Crippen molar-refractivity contribution in [1.29, 1.82) is 0 Å². The van der Waals surface area contributed by atoms with E-state index < -0.39 is 23.8 Å². The molecule has 8 nitrogen and oxygen atoms in total. The molecule has 0 unspecified atom stereocenters. The van der Waals surface area contributed by atoms with Crippen molar-refractivity contribution in [2.24, 2.45) is 5.92 Å². The molecule has 1 amide bonds. The zero-order chi connectivity index (χ0) is 27.0. The molecule has 5 rings (SSSR count). The Kier molecular flexibility index (Phi) is 7.40. The van der Waals surface area contributed by atoms with Gasteiger partial charge in [0.2, 0.25) is 0 Å². The highest BCUT2D eigenvalue weighted by molar-refractivity contribution is 6.30. The summed E-state index contributed by atoms with van der Waals surface area (Å²) in [5.41, 5.74) is -0.338. The van der Waals surface area contributed by atoms with Crippen molar-refractivity contribution in [3.8, 4) is 5.82 Å². The molecule has 0 saturated heterocycles. The SMILES string of the molecule is O=C(NC1CCC(Cn2c(=O)n(-c3cnc(Cl)cn3)c3ccc(F)cc32)CC1)c1cc(Cl)cnc1C(F)F. The molecule has 4 aromatic rings. The minimum atomic E-state index is -2.91. The van der Waals surface area contributed by atoms with Crippen molar-refractivity contribution in [1.82, 2.24) is 29.4 Å². The Morgan fingerprint density at radius 3 is 2.47 bits per heavy atom. The van der Waals surface area contributed by atoms with E-state index in [-0.39, 0.29) is 39.2 Å². The largest absolute Gasteiger partial charge is 0.349 e. The topological polar surface area (TPSA) is 94.7 Å². The normalized spacial score (nSPS) is 17.7. The second kappa shape index (κ2) is 10.7. The number of amides is 1. The average molecular weight is 565 g/mol. The van der Waals surface area contributed by atoms with Crippen LogP contribution in [-0.2, 0) is 6.54 Å². The van der Waals surface area contributed by atoms with Gasteiger partial charge in [-0.3, -0.25) is 14.3 Å². The van der Waals surface area contributed by atoms with E-state index in [0.717, 1.165) is 6.20 Å². The van der Waals surface area contributed by atoms with Crippen LogP contribution < -0.4 is 11.0 Å². The molecule has 0 aliphatic heterocycles. The van der Waals surface area contributed by atoms with Crippen LogP contribution in [0.1, 0.15) is 48.2 Å². The van der Waals surface area contributed by atoms with Crippen LogP contribution in [0.4, 0.5) is 13.2 Å². The summed E-state index contributed by atoms with van der Waals surface area (Å²) in [6.07, 6.45) is 3.36. The third kappa shape index (κ3) is 5.25. The molecule has 1 aliphatic rings. The Labute approximate surface area is 224 Å². The summed E-state index contributed by atoms with van der Waals surface area (Å²) in [4.78, 5) is 37.9. The minimum Gasteiger partial charge on any atom is -0.349 e. The van der Waals surface area contributed by atoms with E-state index >= 15 is 0 Å². The van der Waals surface area contributed by atoms with Crippen molar-refractivity contribution in [2.45, 2.75) is 44.7 Å². The van der Waals surface area contributed by atoms with Gasteiger partial charge in [-0.25, -0.2) is 32.5 Å². The maximum absolute atomic E-state index is 14.1. The number of halogens is 5. The quantitative estimate of drug-likeness (QED) is 0.340. The van der Waals surface area contributed by atoms with Crippen LogP contribution in [-0.4, -0.2) is 36.0 Å². The standard InChI is InChI=1S/C25H21Cl2F3N6O2/c26-14-7-17(22(23(29)30)33-9-14)24(37)34-16-4-1-13(2-5-16)12-35-19-8-15(28)3-6-18(19)36(25(35)38)21-11-31-20(27)10-32-21/h3,6-11,13,16,23H,1-2,4-5,12H2,(H,34,37). The number of pyridine rings is 1. The van der Waals surface area contributed by atoms with Crippen molar-refractivity contribution in [3.05, 3.63) is 80.6 Å². The fraction of sp³-hybridized carbons (Fsp3) is 0.320. The summed E-state index contributed by atoms with van der Waals surface area (Å²) < 4.78 is 43.6. The Morgan fingerprint density at radius 2 is 1.79 bits per heavy atom. The maximum atomic E-state index is 14.1. The van der Waals surface area contributed by atoms with Crippen LogP contribution in [0.15, 0.2) is 47.7 Å². The fourth-order valence-corrected chi connectivity index (χ4v) is 5.12. The van der Waals surface area contributed by atoms with E-state index in [1.54, 1.807) is 0 Å². The van der Waals surface area contributed by atoms with Gasteiger partial charge in [-0.15, -0.1) is 0 Å². The van der Waals surface area contributed by atoms with Crippen molar-refractivity contribution in [3.63, 3.8) is 0 Å². The first-order valence-corrected chi connectivity index (χ1v) is 12.6. The molecule has 3 aromatic heterocycles. The molecule has 1 saturated carbocycles. The third-order valence-electron chi connectivity index (χ3n) is 6.69. The lowest BCUT2D eigenvalue weighted by Crippen LogP contribution is -2.39. The number of hydrogen-bond acceptors (Lipinski definition) is 5. The Morgan fingerprint density at radius 1 is 1.03 bits per heavy atom. The highest BCUT2D eigenvalue weighted by Gasteiger charge is 2.27. The second-order valence-corrected chi connectivity index (χ2v) is 9.96. The van der Waals surface area contributed by atoms with Gasteiger partial charge in [0.25, 0.3) is 12.3 Å². The van der Waals surface area contributed by atoms with Gasteiger partial charge in [0.15, 0.2) is 5.82 Å². The second-order valence-electron chi connectivity index (χ2n) is 9.14. The number of fused-ring (bicyclic) bond motifs is 1. The summed E-state index contributed by atoms with van der Waals surface area (Å²) in [5, 5.41) is 3.07. The van der Waals surface area contributed by atoms with E-state index in [4.69, 9.17) is 23.2 Å². The first-order chi connectivity index (χ1) is 18.2. The molecule has 0 radical (unpaired) electrons. The number of imidazole rings is 1. The lowest BCUT2D eigenvalue weighted by atomic mass is 9.85. The number of alkyl halides is 2. The Balaban J connectivity index is 1.32. The van der Waals surface area contributed by atoms with Gasteiger partial charge >= 0.3 is 5.69 Å². The molecule has 1 aromatic carbocycles. The van der Waals surface area contributed by atoms with Crippen LogP contribution in [0, 0.1) is 11.7 Å². The van der Waals surface area contributed by atoms with E-state index in [0.29, 0.717) is 43.3 Å². The van der Waals surface area contributed by atoms with Crippen LogP contribution >= 0.6 is 23.2 Å².